The number of aromatic hydroxyl groups is 1. The summed E-state index contributed by atoms with van der Waals surface area (Å²) in [4.78, 5) is 11.7. The van der Waals surface area contributed by atoms with Gasteiger partial charge in [0, 0.05) is 30.9 Å². The van der Waals surface area contributed by atoms with Crippen LogP contribution in [0, 0.1) is 5.92 Å². The monoisotopic (exact) mass is 445 g/mol. The Balaban J connectivity index is 1.36. The lowest BCUT2D eigenvalue weighted by Gasteiger charge is -2.21. The lowest BCUT2D eigenvalue weighted by Crippen LogP contribution is -2.26. The summed E-state index contributed by atoms with van der Waals surface area (Å²) < 4.78 is 0. The predicted octanol–water partition coefficient (Wildman–Crippen LogP) is 4.45. The van der Waals surface area contributed by atoms with E-state index in [4.69, 9.17) is 10.7 Å². The number of anilines is 1. The number of rotatable bonds is 12. The van der Waals surface area contributed by atoms with Gasteiger partial charge in [0.1, 0.15) is 5.75 Å². The van der Waals surface area contributed by atoms with Crippen LogP contribution >= 0.6 is 0 Å². The fourth-order valence-corrected chi connectivity index (χ4v) is 4.48. The Morgan fingerprint density at radius 2 is 1.97 bits per heavy atom. The van der Waals surface area contributed by atoms with E-state index in [1.165, 1.54) is 18.4 Å². The molecule has 1 heterocycles. The van der Waals surface area contributed by atoms with E-state index in [2.05, 4.69) is 46.4 Å². The first-order chi connectivity index (χ1) is 16.2. The number of hydrogen-bond acceptors (Lipinski definition) is 6. The molecule has 174 valence electrons. The van der Waals surface area contributed by atoms with Crippen LogP contribution in [0.2, 0.25) is 0 Å². The van der Waals surface area contributed by atoms with Crippen LogP contribution in [0.3, 0.4) is 0 Å². The summed E-state index contributed by atoms with van der Waals surface area (Å²) in [5.41, 5.74) is 10.2. The Morgan fingerprint density at radius 1 is 1.12 bits per heavy atom. The second-order valence-corrected chi connectivity index (χ2v) is 8.87. The summed E-state index contributed by atoms with van der Waals surface area (Å²) in [6.45, 7) is 5.81. The lowest BCUT2D eigenvalue weighted by atomic mass is 10.1. The van der Waals surface area contributed by atoms with Crippen molar-refractivity contribution in [3.63, 3.8) is 0 Å². The summed E-state index contributed by atoms with van der Waals surface area (Å²) >= 11 is 0. The minimum atomic E-state index is 0.288. The second kappa shape index (κ2) is 11.3. The quantitative estimate of drug-likeness (QED) is 0.382. The smallest absolute Gasteiger partial charge is 0.223 e. The Labute approximate surface area is 196 Å². The zero-order valence-corrected chi connectivity index (χ0v) is 19.5. The first kappa shape index (κ1) is 23.2. The standard InChI is InChI=1S/C27H35N5O/c1-2-32(26-18-23(26)7-4-14-28)19-21-5-3-6-22(17-21)25-13-16-30-27(31-25)29-15-12-20-8-10-24(33)11-9-20/h3,5-6,8-11,13,16-17,23,26,33H,2,4,7,12,14-15,18-19,28H2,1H3,(H,29,30,31)/t23-,26?/m1/s1. The summed E-state index contributed by atoms with van der Waals surface area (Å²) in [5, 5.41) is 12.7. The maximum Gasteiger partial charge on any atom is 0.223 e. The number of nitrogens with one attached hydrogen (secondary N) is 1. The molecule has 33 heavy (non-hydrogen) atoms. The van der Waals surface area contributed by atoms with E-state index in [0.29, 0.717) is 12.0 Å². The number of nitrogens with zero attached hydrogens (tertiary/aromatic N) is 3. The first-order valence-electron chi connectivity index (χ1n) is 12.0. The van der Waals surface area contributed by atoms with E-state index in [9.17, 15) is 5.11 Å². The van der Waals surface area contributed by atoms with Gasteiger partial charge in [-0.3, -0.25) is 4.90 Å². The third kappa shape index (κ3) is 6.53. The molecule has 0 saturated heterocycles. The molecule has 0 aliphatic heterocycles. The summed E-state index contributed by atoms with van der Waals surface area (Å²) in [6.07, 6.45) is 6.33. The van der Waals surface area contributed by atoms with Gasteiger partial charge in [0.2, 0.25) is 5.95 Å². The molecular formula is C27H35N5O. The molecule has 4 N–H and O–H groups in total. The molecule has 3 aromatic rings. The fourth-order valence-electron chi connectivity index (χ4n) is 4.48. The minimum Gasteiger partial charge on any atom is -0.508 e. The molecule has 4 rings (SSSR count). The largest absolute Gasteiger partial charge is 0.508 e. The second-order valence-electron chi connectivity index (χ2n) is 8.87. The van der Waals surface area contributed by atoms with Gasteiger partial charge < -0.3 is 16.2 Å². The normalized spacial score (nSPS) is 17.3. The number of phenolic OH excluding ortho intramolecular Hbond substituents is 1. The predicted molar refractivity (Wildman–Crippen MR) is 134 cm³/mol. The van der Waals surface area contributed by atoms with Crippen LogP contribution in [-0.2, 0) is 13.0 Å². The van der Waals surface area contributed by atoms with Gasteiger partial charge in [-0.25, -0.2) is 9.97 Å². The highest BCUT2D eigenvalue weighted by Gasteiger charge is 2.40. The van der Waals surface area contributed by atoms with Crippen molar-refractivity contribution in [1.82, 2.24) is 14.9 Å². The Morgan fingerprint density at radius 3 is 2.76 bits per heavy atom. The van der Waals surface area contributed by atoms with Crippen molar-refractivity contribution in [2.75, 3.05) is 25.0 Å². The van der Waals surface area contributed by atoms with Crippen molar-refractivity contribution in [1.29, 1.82) is 0 Å². The highest BCUT2D eigenvalue weighted by atomic mass is 16.3. The van der Waals surface area contributed by atoms with Gasteiger partial charge in [-0.2, -0.15) is 0 Å². The highest BCUT2D eigenvalue weighted by Crippen LogP contribution is 2.40. The van der Waals surface area contributed by atoms with E-state index in [1.807, 2.05) is 24.4 Å². The van der Waals surface area contributed by atoms with Crippen LogP contribution in [0.1, 0.15) is 37.3 Å². The summed E-state index contributed by atoms with van der Waals surface area (Å²) in [7, 11) is 0. The van der Waals surface area contributed by atoms with Crippen LogP contribution in [0.15, 0.2) is 60.8 Å². The molecule has 6 nitrogen and oxygen atoms in total. The maximum atomic E-state index is 9.41. The number of aromatic nitrogens is 2. The molecule has 1 aromatic heterocycles. The number of hydrogen-bond donors (Lipinski definition) is 3. The Hall–Kier alpha value is -2.96. The van der Waals surface area contributed by atoms with Crippen molar-refractivity contribution in [3.8, 4) is 17.0 Å². The third-order valence-corrected chi connectivity index (χ3v) is 6.44. The van der Waals surface area contributed by atoms with Crippen molar-refractivity contribution in [2.45, 2.75) is 45.2 Å². The number of phenols is 1. The zero-order chi connectivity index (χ0) is 23.0. The van der Waals surface area contributed by atoms with Gasteiger partial charge in [0.25, 0.3) is 0 Å². The molecule has 0 spiro atoms. The van der Waals surface area contributed by atoms with Gasteiger partial charge in [0.15, 0.2) is 0 Å². The molecule has 1 aliphatic rings. The summed E-state index contributed by atoms with van der Waals surface area (Å²) in [5.74, 6) is 1.73. The SMILES string of the molecule is CCN(Cc1cccc(-c2ccnc(NCCc3ccc(O)cc3)n2)c1)C1C[C@H]1CCCN. The molecule has 1 fully saturated rings. The van der Waals surface area contributed by atoms with E-state index < -0.39 is 0 Å². The van der Waals surface area contributed by atoms with Gasteiger partial charge in [-0.1, -0.05) is 37.3 Å². The topological polar surface area (TPSA) is 87.3 Å². The van der Waals surface area contributed by atoms with Crippen molar-refractivity contribution < 1.29 is 5.11 Å². The van der Waals surface area contributed by atoms with E-state index >= 15 is 0 Å². The molecule has 1 unspecified atom stereocenters. The van der Waals surface area contributed by atoms with Crippen LogP contribution in [0.5, 0.6) is 5.75 Å². The first-order valence-corrected chi connectivity index (χ1v) is 12.0. The number of nitrogens with two attached hydrogens (primary N) is 1. The van der Waals surface area contributed by atoms with Crippen molar-refractivity contribution in [2.24, 2.45) is 11.7 Å². The van der Waals surface area contributed by atoms with Crippen LogP contribution < -0.4 is 11.1 Å². The molecule has 6 heteroatoms. The summed E-state index contributed by atoms with van der Waals surface area (Å²) in [6, 6.07) is 18.7. The van der Waals surface area contributed by atoms with Crippen LogP contribution in [0.4, 0.5) is 5.95 Å². The molecule has 1 saturated carbocycles. The highest BCUT2D eigenvalue weighted by molar-refractivity contribution is 5.61. The van der Waals surface area contributed by atoms with Gasteiger partial charge in [-0.05, 0) is 80.1 Å². The van der Waals surface area contributed by atoms with E-state index in [1.54, 1.807) is 12.1 Å². The zero-order valence-electron chi connectivity index (χ0n) is 19.5. The van der Waals surface area contributed by atoms with Crippen molar-refractivity contribution >= 4 is 5.95 Å². The fraction of sp³-hybridized carbons (Fsp3) is 0.407. The van der Waals surface area contributed by atoms with E-state index in [0.717, 1.165) is 61.8 Å². The molecular weight excluding hydrogens is 410 g/mol. The number of benzene rings is 2. The van der Waals surface area contributed by atoms with Crippen LogP contribution in [-0.4, -0.2) is 45.7 Å². The van der Waals surface area contributed by atoms with E-state index in [-0.39, 0.29) is 5.75 Å². The average molecular weight is 446 g/mol. The van der Waals surface area contributed by atoms with Gasteiger partial charge in [0.05, 0.1) is 5.69 Å². The Kier molecular flexibility index (Phi) is 7.92. The molecule has 0 bridgehead atoms. The van der Waals surface area contributed by atoms with Gasteiger partial charge >= 0.3 is 0 Å². The van der Waals surface area contributed by atoms with Crippen molar-refractivity contribution in [3.05, 3.63) is 71.9 Å². The molecule has 2 aromatic carbocycles. The molecule has 0 amide bonds. The Bertz CT molecular complexity index is 1020. The lowest BCUT2D eigenvalue weighted by molar-refractivity contribution is 0.254. The third-order valence-electron chi connectivity index (χ3n) is 6.44. The minimum absolute atomic E-state index is 0.288. The average Bonchev–Trinajstić information content (AvgIpc) is 3.62. The van der Waals surface area contributed by atoms with Gasteiger partial charge in [-0.15, -0.1) is 0 Å². The molecule has 0 radical (unpaired) electrons. The molecule has 1 aliphatic carbocycles. The molecule has 2 atom stereocenters. The maximum absolute atomic E-state index is 9.41. The van der Waals surface area contributed by atoms with Crippen LogP contribution in [0.25, 0.3) is 11.3 Å².